The van der Waals surface area contributed by atoms with Crippen molar-refractivity contribution in [1.82, 2.24) is 0 Å². The summed E-state index contributed by atoms with van der Waals surface area (Å²) in [6, 6.07) is 13.1. The molecule has 0 aromatic heterocycles. The van der Waals surface area contributed by atoms with E-state index in [-0.39, 0.29) is 18.5 Å². The monoisotopic (exact) mass is 461 g/mol. The normalized spacial score (nSPS) is 19.7. The van der Waals surface area contributed by atoms with Crippen LogP contribution < -0.4 is 14.5 Å². The SMILES string of the molecule is CSNc1ccc(-c2ccc3c(c2)N(C(=O)OC2CC(F)(F)C2)CC(C)N3C(C)=O)cc1. The van der Waals surface area contributed by atoms with E-state index in [1.54, 1.807) is 4.90 Å². The van der Waals surface area contributed by atoms with Crippen molar-refractivity contribution in [2.45, 2.75) is 44.8 Å². The summed E-state index contributed by atoms with van der Waals surface area (Å²) in [4.78, 5) is 28.3. The highest BCUT2D eigenvalue weighted by Gasteiger charge is 2.48. The number of anilines is 3. The average Bonchev–Trinajstić information content (AvgIpc) is 2.72. The third-order valence-corrected chi connectivity index (χ3v) is 6.17. The molecule has 6 nitrogen and oxygen atoms in total. The zero-order valence-electron chi connectivity index (χ0n) is 18.1. The lowest BCUT2D eigenvalue weighted by Crippen LogP contribution is -2.53. The summed E-state index contributed by atoms with van der Waals surface area (Å²) < 4.78 is 34.9. The number of hydrogen-bond acceptors (Lipinski definition) is 5. The van der Waals surface area contributed by atoms with Gasteiger partial charge in [0.15, 0.2) is 0 Å². The number of halogens is 2. The molecule has 1 unspecified atom stereocenters. The molecule has 1 atom stereocenters. The number of rotatable bonds is 4. The Labute approximate surface area is 190 Å². The molecule has 1 aliphatic carbocycles. The number of ether oxygens (including phenoxy) is 1. The van der Waals surface area contributed by atoms with Crippen molar-refractivity contribution in [3.05, 3.63) is 42.5 Å². The Kier molecular flexibility index (Phi) is 6.03. The minimum atomic E-state index is -2.77. The molecule has 1 aliphatic heterocycles. The fourth-order valence-corrected chi connectivity index (χ4v) is 4.57. The van der Waals surface area contributed by atoms with E-state index in [9.17, 15) is 18.4 Å². The second kappa shape index (κ2) is 8.61. The van der Waals surface area contributed by atoms with Crippen LogP contribution in [0.1, 0.15) is 26.7 Å². The van der Waals surface area contributed by atoms with Gasteiger partial charge in [-0.15, -0.1) is 0 Å². The minimum Gasteiger partial charge on any atom is -0.445 e. The molecule has 0 radical (unpaired) electrons. The zero-order chi connectivity index (χ0) is 23.0. The summed E-state index contributed by atoms with van der Waals surface area (Å²) in [5, 5.41) is 0. The molecule has 4 rings (SSSR count). The average molecular weight is 462 g/mol. The lowest BCUT2D eigenvalue weighted by molar-refractivity contribution is -0.143. The number of hydrogen-bond donors (Lipinski definition) is 1. The van der Waals surface area contributed by atoms with E-state index in [1.807, 2.05) is 55.6 Å². The summed E-state index contributed by atoms with van der Waals surface area (Å²) in [7, 11) is 0. The van der Waals surface area contributed by atoms with Crippen molar-refractivity contribution < 1.29 is 23.1 Å². The van der Waals surface area contributed by atoms with Gasteiger partial charge in [0.05, 0.1) is 17.4 Å². The third kappa shape index (κ3) is 4.39. The Morgan fingerprint density at radius 1 is 1.09 bits per heavy atom. The number of nitrogens with one attached hydrogen (secondary N) is 1. The summed E-state index contributed by atoms with van der Waals surface area (Å²) in [5.74, 6) is -2.90. The van der Waals surface area contributed by atoms with Crippen molar-refractivity contribution in [3.63, 3.8) is 0 Å². The van der Waals surface area contributed by atoms with Gasteiger partial charge >= 0.3 is 6.09 Å². The minimum absolute atomic E-state index is 0.134. The van der Waals surface area contributed by atoms with Crippen LogP contribution >= 0.6 is 11.9 Å². The first kappa shape index (κ1) is 22.4. The summed E-state index contributed by atoms with van der Waals surface area (Å²) in [5.41, 5.74) is 3.90. The van der Waals surface area contributed by atoms with Crippen LogP contribution in [0.25, 0.3) is 11.1 Å². The molecule has 0 saturated heterocycles. The highest BCUT2D eigenvalue weighted by atomic mass is 32.2. The number of carbonyl (C=O) groups is 2. The van der Waals surface area contributed by atoms with Gasteiger partial charge in [0.1, 0.15) is 6.10 Å². The second-order valence-electron chi connectivity index (χ2n) is 8.21. The maximum Gasteiger partial charge on any atom is 0.414 e. The van der Waals surface area contributed by atoms with Gasteiger partial charge in [-0.1, -0.05) is 30.1 Å². The van der Waals surface area contributed by atoms with Crippen LogP contribution in [0, 0.1) is 0 Å². The van der Waals surface area contributed by atoms with E-state index >= 15 is 0 Å². The first-order chi connectivity index (χ1) is 15.2. The van der Waals surface area contributed by atoms with E-state index in [0.717, 1.165) is 16.8 Å². The molecule has 1 fully saturated rings. The zero-order valence-corrected chi connectivity index (χ0v) is 18.9. The highest BCUT2D eigenvalue weighted by molar-refractivity contribution is 7.99. The molecule has 9 heteroatoms. The maximum absolute atomic E-state index is 13.2. The molecular formula is C23H25F2N3O3S. The standard InChI is InChI=1S/C23H25F2N3O3S/c1-14-13-27(22(30)31-19-11-23(24,25)12-19)21-10-17(6-9-20(21)28(14)15(2)29)16-4-7-18(8-5-16)26-32-3/h4-10,14,19,26H,11-13H2,1-3H3. The van der Waals surface area contributed by atoms with Gasteiger partial charge in [0.2, 0.25) is 5.91 Å². The number of fused-ring (bicyclic) bond motifs is 1. The highest BCUT2D eigenvalue weighted by Crippen LogP contribution is 2.42. The maximum atomic E-state index is 13.2. The lowest BCUT2D eigenvalue weighted by atomic mass is 9.91. The van der Waals surface area contributed by atoms with Gasteiger partial charge in [-0.3, -0.25) is 9.69 Å². The predicted octanol–water partition coefficient (Wildman–Crippen LogP) is 5.54. The van der Waals surface area contributed by atoms with E-state index in [1.165, 1.54) is 23.8 Å². The largest absolute Gasteiger partial charge is 0.445 e. The summed E-state index contributed by atoms with van der Waals surface area (Å²) >= 11 is 1.50. The number of benzene rings is 2. The molecule has 2 aromatic rings. The van der Waals surface area contributed by atoms with Crippen LogP contribution in [0.5, 0.6) is 0 Å². The fraction of sp³-hybridized carbons (Fsp3) is 0.391. The van der Waals surface area contributed by atoms with Gasteiger partial charge in [0, 0.05) is 38.3 Å². The molecule has 2 aliphatic rings. The molecule has 2 amide bonds. The number of nitrogens with zero attached hydrogens (tertiary/aromatic N) is 2. The number of alkyl halides is 2. The first-order valence-electron chi connectivity index (χ1n) is 10.4. The van der Waals surface area contributed by atoms with E-state index in [0.29, 0.717) is 11.4 Å². The van der Waals surface area contributed by atoms with Crippen molar-refractivity contribution in [2.75, 3.05) is 27.3 Å². The van der Waals surface area contributed by atoms with Gasteiger partial charge in [-0.05, 0) is 42.3 Å². The van der Waals surface area contributed by atoms with Crippen molar-refractivity contribution >= 4 is 41.0 Å². The fourth-order valence-electron chi connectivity index (χ4n) is 4.20. The number of carbonyl (C=O) groups excluding carboxylic acids is 2. The smallest absolute Gasteiger partial charge is 0.414 e. The summed E-state index contributed by atoms with van der Waals surface area (Å²) in [6.45, 7) is 3.54. The van der Waals surface area contributed by atoms with Gasteiger partial charge in [-0.25, -0.2) is 13.6 Å². The summed E-state index contributed by atoms with van der Waals surface area (Å²) in [6.07, 6.45) is -0.423. The molecule has 1 saturated carbocycles. The van der Waals surface area contributed by atoms with Crippen LogP contribution in [-0.4, -0.2) is 42.9 Å². The lowest BCUT2D eigenvalue weighted by Gasteiger charge is -2.42. The van der Waals surface area contributed by atoms with Crippen LogP contribution in [0.3, 0.4) is 0 Å². The molecule has 2 aromatic carbocycles. The first-order valence-corrected chi connectivity index (χ1v) is 11.6. The van der Waals surface area contributed by atoms with Gasteiger partial charge in [-0.2, -0.15) is 0 Å². The molecule has 1 N–H and O–H groups in total. The van der Waals surface area contributed by atoms with Crippen molar-refractivity contribution in [1.29, 1.82) is 0 Å². The van der Waals surface area contributed by atoms with Gasteiger partial charge < -0.3 is 14.4 Å². The van der Waals surface area contributed by atoms with Crippen molar-refractivity contribution in [3.8, 4) is 11.1 Å². The van der Waals surface area contributed by atoms with E-state index < -0.39 is 31.0 Å². The Morgan fingerprint density at radius 3 is 2.34 bits per heavy atom. The predicted molar refractivity (Wildman–Crippen MR) is 123 cm³/mol. The van der Waals surface area contributed by atoms with Crippen molar-refractivity contribution in [2.24, 2.45) is 0 Å². The Morgan fingerprint density at radius 2 is 1.75 bits per heavy atom. The topological polar surface area (TPSA) is 61.9 Å². The van der Waals surface area contributed by atoms with Gasteiger partial charge in [0.25, 0.3) is 5.92 Å². The third-order valence-electron chi connectivity index (χ3n) is 5.73. The molecule has 32 heavy (non-hydrogen) atoms. The number of amides is 2. The molecule has 170 valence electrons. The Bertz CT molecular complexity index is 1020. The van der Waals surface area contributed by atoms with Crippen LogP contribution in [0.15, 0.2) is 42.5 Å². The van der Waals surface area contributed by atoms with Crippen LogP contribution in [0.2, 0.25) is 0 Å². The molecule has 1 heterocycles. The Hall–Kier alpha value is -2.81. The molecule has 0 bridgehead atoms. The van der Waals surface area contributed by atoms with E-state index in [2.05, 4.69) is 4.72 Å². The second-order valence-corrected chi connectivity index (χ2v) is 8.82. The quantitative estimate of drug-likeness (QED) is 0.606. The van der Waals surface area contributed by atoms with Crippen LogP contribution in [-0.2, 0) is 9.53 Å². The Balaban J connectivity index is 1.66. The molecular weight excluding hydrogens is 436 g/mol. The molecule has 0 spiro atoms. The van der Waals surface area contributed by atoms with Crippen LogP contribution in [0.4, 0.5) is 30.6 Å². The van der Waals surface area contributed by atoms with E-state index in [4.69, 9.17) is 4.74 Å².